The van der Waals surface area contributed by atoms with Crippen LogP contribution in [-0.4, -0.2) is 13.2 Å². The van der Waals surface area contributed by atoms with Gasteiger partial charge in [-0.25, -0.2) is 0 Å². The number of rotatable bonds is 7. The molecular weight excluding hydrogens is 198 g/mol. The predicted molar refractivity (Wildman–Crippen MR) is 68.8 cm³/mol. The molecule has 0 saturated heterocycles. The summed E-state index contributed by atoms with van der Waals surface area (Å²) in [6, 6.07) is 8.37. The Morgan fingerprint density at radius 1 is 1.25 bits per heavy atom. The van der Waals surface area contributed by atoms with Gasteiger partial charge in [-0.1, -0.05) is 44.4 Å². The van der Waals surface area contributed by atoms with E-state index in [1.54, 1.807) is 7.11 Å². The third-order valence-electron chi connectivity index (χ3n) is 2.85. The topological polar surface area (TPSA) is 35.2 Å². The summed E-state index contributed by atoms with van der Waals surface area (Å²) in [6.45, 7) is 2.21. The second-order valence-electron chi connectivity index (χ2n) is 4.27. The number of para-hydroxylation sites is 1. The molecule has 0 bridgehead atoms. The molecule has 0 aliphatic carbocycles. The quantitative estimate of drug-likeness (QED) is 0.718. The average Bonchev–Trinajstić information content (AvgIpc) is 2.30. The molecule has 1 atom stereocenters. The lowest BCUT2D eigenvalue weighted by atomic mass is 10.0. The second kappa shape index (κ2) is 7.29. The van der Waals surface area contributed by atoms with Crippen molar-refractivity contribution in [2.75, 3.05) is 7.11 Å². The summed E-state index contributed by atoms with van der Waals surface area (Å²) in [6.07, 6.45) is 5.77. The van der Waals surface area contributed by atoms with Gasteiger partial charge in [-0.2, -0.15) is 0 Å². The number of nitrogens with two attached hydrogens (primary N) is 1. The highest BCUT2D eigenvalue weighted by Gasteiger charge is 2.07. The second-order valence-corrected chi connectivity index (χ2v) is 4.27. The molecule has 1 rings (SSSR count). The first-order chi connectivity index (χ1) is 7.77. The van der Waals surface area contributed by atoms with Crippen LogP contribution in [-0.2, 0) is 6.42 Å². The van der Waals surface area contributed by atoms with Crippen LogP contribution in [0.25, 0.3) is 0 Å². The number of ether oxygens (including phenoxy) is 1. The van der Waals surface area contributed by atoms with Crippen LogP contribution in [0.15, 0.2) is 24.3 Å². The van der Waals surface area contributed by atoms with Crippen LogP contribution >= 0.6 is 0 Å². The molecule has 1 aromatic rings. The zero-order valence-electron chi connectivity index (χ0n) is 10.4. The Bertz CT molecular complexity index is 299. The van der Waals surface area contributed by atoms with Crippen LogP contribution < -0.4 is 10.5 Å². The maximum Gasteiger partial charge on any atom is 0.122 e. The maximum absolute atomic E-state index is 6.11. The van der Waals surface area contributed by atoms with Gasteiger partial charge in [0.25, 0.3) is 0 Å². The Balaban J connectivity index is 2.45. The van der Waals surface area contributed by atoms with Gasteiger partial charge in [-0.15, -0.1) is 0 Å². The number of hydrogen-bond acceptors (Lipinski definition) is 2. The van der Waals surface area contributed by atoms with E-state index in [9.17, 15) is 0 Å². The molecule has 0 aliphatic rings. The van der Waals surface area contributed by atoms with Gasteiger partial charge in [0.2, 0.25) is 0 Å². The molecule has 0 radical (unpaired) electrons. The third kappa shape index (κ3) is 4.23. The largest absolute Gasteiger partial charge is 0.496 e. The lowest BCUT2D eigenvalue weighted by Crippen LogP contribution is -2.22. The van der Waals surface area contributed by atoms with E-state index in [1.165, 1.54) is 24.8 Å². The minimum Gasteiger partial charge on any atom is -0.496 e. The zero-order chi connectivity index (χ0) is 11.8. The molecule has 2 N–H and O–H groups in total. The van der Waals surface area contributed by atoms with E-state index >= 15 is 0 Å². The van der Waals surface area contributed by atoms with Crippen LogP contribution in [0, 0.1) is 0 Å². The monoisotopic (exact) mass is 221 g/mol. The van der Waals surface area contributed by atoms with E-state index in [2.05, 4.69) is 13.0 Å². The van der Waals surface area contributed by atoms with E-state index in [1.807, 2.05) is 18.2 Å². The summed E-state index contributed by atoms with van der Waals surface area (Å²) in [7, 11) is 1.71. The minimum atomic E-state index is 0.253. The van der Waals surface area contributed by atoms with E-state index in [-0.39, 0.29) is 6.04 Å². The Labute approximate surface area is 98.8 Å². The average molecular weight is 221 g/mol. The highest BCUT2D eigenvalue weighted by molar-refractivity contribution is 5.33. The van der Waals surface area contributed by atoms with Crippen molar-refractivity contribution < 1.29 is 4.74 Å². The standard InChI is InChI=1S/C14H23NO/c1-3-4-5-9-13(15)11-12-8-6-7-10-14(12)16-2/h6-8,10,13H,3-5,9,11,15H2,1-2H3. The van der Waals surface area contributed by atoms with Crippen LogP contribution in [0.5, 0.6) is 5.75 Å². The van der Waals surface area contributed by atoms with Gasteiger partial charge in [0.05, 0.1) is 7.11 Å². The maximum atomic E-state index is 6.11. The fourth-order valence-corrected chi connectivity index (χ4v) is 1.91. The lowest BCUT2D eigenvalue weighted by molar-refractivity contribution is 0.406. The molecule has 0 heterocycles. The molecule has 16 heavy (non-hydrogen) atoms. The Morgan fingerprint density at radius 3 is 2.69 bits per heavy atom. The van der Waals surface area contributed by atoms with Crippen molar-refractivity contribution in [2.24, 2.45) is 5.73 Å². The van der Waals surface area contributed by atoms with E-state index in [0.29, 0.717) is 0 Å². The van der Waals surface area contributed by atoms with Crippen LogP contribution in [0.2, 0.25) is 0 Å². The van der Waals surface area contributed by atoms with Crippen molar-refractivity contribution in [3.8, 4) is 5.75 Å². The van der Waals surface area contributed by atoms with Gasteiger partial charge >= 0.3 is 0 Å². The lowest BCUT2D eigenvalue weighted by Gasteiger charge is -2.13. The van der Waals surface area contributed by atoms with Gasteiger partial charge in [-0.3, -0.25) is 0 Å². The SMILES string of the molecule is CCCCCC(N)Cc1ccccc1OC. The van der Waals surface area contributed by atoms with Gasteiger partial charge in [0.1, 0.15) is 5.75 Å². The molecule has 90 valence electrons. The van der Waals surface area contributed by atoms with E-state index < -0.39 is 0 Å². The summed E-state index contributed by atoms with van der Waals surface area (Å²) in [5, 5.41) is 0. The highest BCUT2D eigenvalue weighted by atomic mass is 16.5. The number of benzene rings is 1. The summed E-state index contributed by atoms with van der Waals surface area (Å²) >= 11 is 0. The fraction of sp³-hybridized carbons (Fsp3) is 0.571. The molecule has 1 aromatic carbocycles. The van der Waals surface area contributed by atoms with Crippen molar-refractivity contribution in [1.82, 2.24) is 0 Å². The van der Waals surface area contributed by atoms with Crippen molar-refractivity contribution in [2.45, 2.75) is 45.1 Å². The molecule has 0 saturated carbocycles. The number of methoxy groups -OCH3 is 1. The fourth-order valence-electron chi connectivity index (χ4n) is 1.91. The molecule has 0 aliphatic heterocycles. The third-order valence-corrected chi connectivity index (χ3v) is 2.85. The molecule has 0 fully saturated rings. The predicted octanol–water partition coefficient (Wildman–Crippen LogP) is 3.15. The van der Waals surface area contributed by atoms with Gasteiger partial charge in [0, 0.05) is 6.04 Å². The minimum absolute atomic E-state index is 0.253. The van der Waals surface area contributed by atoms with E-state index in [0.717, 1.165) is 18.6 Å². The highest BCUT2D eigenvalue weighted by Crippen LogP contribution is 2.19. The van der Waals surface area contributed by atoms with E-state index in [4.69, 9.17) is 10.5 Å². The van der Waals surface area contributed by atoms with Crippen LogP contribution in [0.4, 0.5) is 0 Å². The Morgan fingerprint density at radius 2 is 2.00 bits per heavy atom. The molecular formula is C14H23NO. The first-order valence-corrected chi connectivity index (χ1v) is 6.15. The molecule has 0 spiro atoms. The molecule has 1 unspecified atom stereocenters. The van der Waals surface area contributed by atoms with Gasteiger partial charge in [0.15, 0.2) is 0 Å². The van der Waals surface area contributed by atoms with Gasteiger partial charge < -0.3 is 10.5 Å². The van der Waals surface area contributed by atoms with Crippen molar-refractivity contribution in [1.29, 1.82) is 0 Å². The molecule has 0 aromatic heterocycles. The van der Waals surface area contributed by atoms with Gasteiger partial charge in [-0.05, 0) is 24.5 Å². The first kappa shape index (κ1) is 13.0. The van der Waals surface area contributed by atoms with Crippen molar-refractivity contribution >= 4 is 0 Å². The number of hydrogen-bond donors (Lipinski definition) is 1. The smallest absolute Gasteiger partial charge is 0.122 e. The van der Waals surface area contributed by atoms with Crippen molar-refractivity contribution in [3.63, 3.8) is 0 Å². The molecule has 0 amide bonds. The number of unbranched alkanes of at least 4 members (excludes halogenated alkanes) is 2. The van der Waals surface area contributed by atoms with Crippen molar-refractivity contribution in [3.05, 3.63) is 29.8 Å². The Hall–Kier alpha value is -1.02. The summed E-state index contributed by atoms with van der Waals surface area (Å²) in [5.74, 6) is 0.952. The molecule has 2 nitrogen and oxygen atoms in total. The summed E-state index contributed by atoms with van der Waals surface area (Å²) in [5.41, 5.74) is 7.33. The molecule has 2 heteroatoms. The first-order valence-electron chi connectivity index (χ1n) is 6.15. The summed E-state index contributed by atoms with van der Waals surface area (Å²) in [4.78, 5) is 0. The van der Waals surface area contributed by atoms with Crippen LogP contribution in [0.1, 0.15) is 38.2 Å². The summed E-state index contributed by atoms with van der Waals surface area (Å²) < 4.78 is 5.32. The van der Waals surface area contributed by atoms with Crippen LogP contribution in [0.3, 0.4) is 0 Å². The Kier molecular flexibility index (Phi) is 5.94. The normalized spacial score (nSPS) is 12.4. The zero-order valence-corrected chi connectivity index (χ0v) is 10.4.